The molecule has 1 aromatic rings. The van der Waals surface area contributed by atoms with Crippen LogP contribution in [0.2, 0.25) is 10.0 Å². The molecule has 0 radical (unpaired) electrons. The fourth-order valence-corrected chi connectivity index (χ4v) is 2.04. The van der Waals surface area contributed by atoms with Gasteiger partial charge in [0.05, 0.1) is 16.1 Å². The highest BCUT2D eigenvalue weighted by atomic mass is 35.5. The Morgan fingerprint density at radius 3 is 2.50 bits per heavy atom. The minimum Gasteiger partial charge on any atom is -0.392 e. The first-order valence-corrected chi connectivity index (χ1v) is 6.17. The van der Waals surface area contributed by atoms with Crippen molar-refractivity contribution in [2.24, 2.45) is 5.73 Å². The molecule has 0 aliphatic heterocycles. The van der Waals surface area contributed by atoms with Crippen LogP contribution in [0.15, 0.2) is 18.2 Å². The van der Waals surface area contributed by atoms with Crippen LogP contribution >= 0.6 is 23.2 Å². The Balaban J connectivity index is 2.82. The molecule has 0 aliphatic carbocycles. The van der Waals surface area contributed by atoms with Gasteiger partial charge in [-0.25, -0.2) is 0 Å². The van der Waals surface area contributed by atoms with E-state index in [1.165, 1.54) is 0 Å². The van der Waals surface area contributed by atoms with Crippen molar-refractivity contribution in [3.8, 4) is 0 Å². The number of nitrogens with two attached hydrogens (primary N) is 1. The Morgan fingerprint density at radius 2 is 2.00 bits per heavy atom. The van der Waals surface area contributed by atoms with Crippen molar-refractivity contribution in [1.29, 1.82) is 0 Å². The molecule has 0 bridgehead atoms. The lowest BCUT2D eigenvalue weighted by Gasteiger charge is -2.18. The molecular weight excluding hydrogens is 245 g/mol. The average Bonchev–Trinajstić information content (AvgIpc) is 2.29. The van der Waals surface area contributed by atoms with Crippen molar-refractivity contribution >= 4 is 23.2 Å². The van der Waals surface area contributed by atoms with Gasteiger partial charge in [-0.05, 0) is 36.5 Å². The van der Waals surface area contributed by atoms with Gasteiger partial charge in [0.1, 0.15) is 0 Å². The summed E-state index contributed by atoms with van der Waals surface area (Å²) in [6.45, 7) is 2.37. The zero-order valence-electron chi connectivity index (χ0n) is 9.29. The predicted octanol–water partition coefficient (Wildman–Crippen LogP) is 3.20. The topological polar surface area (TPSA) is 46.2 Å². The van der Waals surface area contributed by atoms with E-state index in [0.717, 1.165) is 12.0 Å². The highest BCUT2D eigenvalue weighted by molar-refractivity contribution is 6.42. The van der Waals surface area contributed by atoms with Crippen LogP contribution in [-0.2, 0) is 0 Å². The summed E-state index contributed by atoms with van der Waals surface area (Å²) in [5.41, 5.74) is 6.51. The molecule has 1 rings (SSSR count). The summed E-state index contributed by atoms with van der Waals surface area (Å²) in [6, 6.07) is 5.60. The summed E-state index contributed by atoms with van der Waals surface area (Å²) in [5, 5.41) is 10.7. The molecular formula is C12H17Cl2NO. The molecule has 0 saturated heterocycles. The van der Waals surface area contributed by atoms with Gasteiger partial charge in [0.25, 0.3) is 0 Å². The van der Waals surface area contributed by atoms with E-state index < -0.39 is 6.10 Å². The number of halogens is 2. The van der Waals surface area contributed by atoms with E-state index in [0.29, 0.717) is 16.5 Å². The lowest BCUT2D eigenvalue weighted by molar-refractivity contribution is 0.162. The summed E-state index contributed by atoms with van der Waals surface area (Å²) in [7, 11) is 0. The van der Waals surface area contributed by atoms with Gasteiger partial charge in [0, 0.05) is 6.54 Å². The van der Waals surface area contributed by atoms with Gasteiger partial charge in [0.15, 0.2) is 0 Å². The van der Waals surface area contributed by atoms with Crippen LogP contribution in [-0.4, -0.2) is 17.8 Å². The van der Waals surface area contributed by atoms with E-state index in [1.54, 1.807) is 6.07 Å². The third-order valence-electron chi connectivity index (χ3n) is 2.74. The zero-order valence-corrected chi connectivity index (χ0v) is 10.8. The van der Waals surface area contributed by atoms with E-state index >= 15 is 0 Å². The second-order valence-corrected chi connectivity index (χ2v) is 4.72. The molecule has 1 aromatic carbocycles. The molecule has 0 heterocycles. The standard InChI is InChI=1S/C12H17Cl2NO/c1-2-8(5-10(16)7-15)9-3-4-11(13)12(14)6-9/h3-4,6,8,10,16H,2,5,7,15H2,1H3. The summed E-state index contributed by atoms with van der Waals surface area (Å²) in [6.07, 6.45) is 1.14. The van der Waals surface area contributed by atoms with Gasteiger partial charge < -0.3 is 10.8 Å². The summed E-state index contributed by atoms with van der Waals surface area (Å²) in [5.74, 6) is 0.272. The fourth-order valence-electron chi connectivity index (χ4n) is 1.73. The first-order valence-electron chi connectivity index (χ1n) is 5.41. The molecule has 90 valence electrons. The van der Waals surface area contributed by atoms with E-state index in [9.17, 15) is 5.11 Å². The second-order valence-electron chi connectivity index (χ2n) is 3.90. The Hall–Kier alpha value is -0.280. The van der Waals surface area contributed by atoms with Crippen LogP contribution in [0.1, 0.15) is 31.2 Å². The Morgan fingerprint density at radius 1 is 1.31 bits per heavy atom. The van der Waals surface area contributed by atoms with Crippen molar-refractivity contribution in [2.75, 3.05) is 6.54 Å². The summed E-state index contributed by atoms with van der Waals surface area (Å²) >= 11 is 11.8. The summed E-state index contributed by atoms with van der Waals surface area (Å²) in [4.78, 5) is 0. The second kappa shape index (κ2) is 6.45. The van der Waals surface area contributed by atoms with Crippen molar-refractivity contribution < 1.29 is 5.11 Å². The lowest BCUT2D eigenvalue weighted by Crippen LogP contribution is -2.22. The van der Waals surface area contributed by atoms with Crippen molar-refractivity contribution in [3.63, 3.8) is 0 Å². The third kappa shape index (κ3) is 3.63. The van der Waals surface area contributed by atoms with Crippen LogP contribution < -0.4 is 5.73 Å². The normalized spacial score (nSPS) is 14.8. The first kappa shape index (κ1) is 13.8. The smallest absolute Gasteiger partial charge is 0.0668 e. The van der Waals surface area contributed by atoms with E-state index in [1.807, 2.05) is 12.1 Å². The number of rotatable bonds is 5. The number of hydrogen-bond donors (Lipinski definition) is 2. The average molecular weight is 262 g/mol. The van der Waals surface area contributed by atoms with Gasteiger partial charge in [-0.3, -0.25) is 0 Å². The number of hydrogen-bond acceptors (Lipinski definition) is 2. The van der Waals surface area contributed by atoms with Crippen molar-refractivity contribution in [1.82, 2.24) is 0 Å². The monoisotopic (exact) mass is 261 g/mol. The molecule has 2 nitrogen and oxygen atoms in total. The van der Waals surface area contributed by atoms with Crippen LogP contribution in [0, 0.1) is 0 Å². The molecule has 4 heteroatoms. The van der Waals surface area contributed by atoms with Crippen LogP contribution in [0.5, 0.6) is 0 Å². The van der Waals surface area contributed by atoms with Crippen LogP contribution in [0.4, 0.5) is 0 Å². The molecule has 0 amide bonds. The molecule has 2 unspecified atom stereocenters. The Kier molecular flexibility index (Phi) is 5.56. The molecule has 0 saturated carbocycles. The molecule has 0 aromatic heterocycles. The van der Waals surface area contributed by atoms with Crippen molar-refractivity contribution in [2.45, 2.75) is 31.8 Å². The van der Waals surface area contributed by atoms with E-state index in [4.69, 9.17) is 28.9 Å². The van der Waals surface area contributed by atoms with Crippen LogP contribution in [0.25, 0.3) is 0 Å². The zero-order chi connectivity index (χ0) is 12.1. The number of aliphatic hydroxyl groups excluding tert-OH is 1. The molecule has 16 heavy (non-hydrogen) atoms. The highest BCUT2D eigenvalue weighted by Gasteiger charge is 2.14. The molecule has 3 N–H and O–H groups in total. The minimum absolute atomic E-state index is 0.272. The maximum atomic E-state index is 9.56. The number of benzene rings is 1. The third-order valence-corrected chi connectivity index (χ3v) is 3.48. The van der Waals surface area contributed by atoms with E-state index in [-0.39, 0.29) is 12.5 Å². The maximum absolute atomic E-state index is 9.56. The SMILES string of the molecule is CCC(CC(O)CN)c1ccc(Cl)c(Cl)c1. The van der Waals surface area contributed by atoms with Gasteiger partial charge in [-0.15, -0.1) is 0 Å². The molecule has 2 atom stereocenters. The molecule has 0 aliphatic rings. The number of aliphatic hydroxyl groups is 1. The fraction of sp³-hybridized carbons (Fsp3) is 0.500. The molecule has 0 fully saturated rings. The largest absolute Gasteiger partial charge is 0.392 e. The first-order chi connectivity index (χ1) is 7.58. The van der Waals surface area contributed by atoms with Crippen molar-refractivity contribution in [3.05, 3.63) is 33.8 Å². The van der Waals surface area contributed by atoms with E-state index in [2.05, 4.69) is 6.92 Å². The Bertz CT molecular complexity index is 344. The summed E-state index contributed by atoms with van der Waals surface area (Å²) < 4.78 is 0. The van der Waals surface area contributed by atoms with Gasteiger partial charge in [0.2, 0.25) is 0 Å². The van der Waals surface area contributed by atoms with Gasteiger partial charge in [-0.1, -0.05) is 36.2 Å². The Labute approximate surface area is 106 Å². The van der Waals surface area contributed by atoms with Gasteiger partial charge >= 0.3 is 0 Å². The minimum atomic E-state index is -0.459. The highest BCUT2D eigenvalue weighted by Crippen LogP contribution is 2.30. The quantitative estimate of drug-likeness (QED) is 0.855. The lowest BCUT2D eigenvalue weighted by atomic mass is 9.91. The maximum Gasteiger partial charge on any atom is 0.0668 e. The van der Waals surface area contributed by atoms with Gasteiger partial charge in [-0.2, -0.15) is 0 Å². The van der Waals surface area contributed by atoms with Crippen LogP contribution in [0.3, 0.4) is 0 Å². The predicted molar refractivity (Wildman–Crippen MR) is 69.2 cm³/mol. The molecule has 0 spiro atoms.